The summed E-state index contributed by atoms with van der Waals surface area (Å²) in [7, 11) is 0. The zero-order valence-electron chi connectivity index (χ0n) is 16.5. The van der Waals surface area contributed by atoms with Gasteiger partial charge in [-0.1, -0.05) is 11.6 Å². The molecule has 158 valence electrons. The maximum absolute atomic E-state index is 13.1. The number of benzene rings is 1. The minimum atomic E-state index is -0.979. The molecule has 3 rings (SSSR count). The molecular formula is C22H23FN2O5. The first kappa shape index (κ1) is 21.4. The second kappa shape index (κ2) is 9.98. The largest absolute Gasteiger partial charge is 0.479 e. The van der Waals surface area contributed by atoms with Crippen molar-refractivity contribution in [3.8, 4) is 11.6 Å². The lowest BCUT2D eigenvalue weighted by Crippen LogP contribution is -2.30. The Kier molecular flexibility index (Phi) is 7.13. The molecule has 1 aromatic carbocycles. The molecular weight excluding hydrogens is 391 g/mol. The van der Waals surface area contributed by atoms with E-state index in [1.807, 2.05) is 6.08 Å². The van der Waals surface area contributed by atoms with E-state index in [9.17, 15) is 14.0 Å². The van der Waals surface area contributed by atoms with Gasteiger partial charge in [-0.2, -0.15) is 0 Å². The van der Waals surface area contributed by atoms with E-state index in [4.69, 9.17) is 14.6 Å². The van der Waals surface area contributed by atoms with Gasteiger partial charge in [0.25, 0.3) is 5.91 Å². The van der Waals surface area contributed by atoms with Crippen molar-refractivity contribution in [3.05, 3.63) is 65.6 Å². The molecule has 2 atom stereocenters. The van der Waals surface area contributed by atoms with Crippen LogP contribution in [0.25, 0.3) is 0 Å². The predicted octanol–water partition coefficient (Wildman–Crippen LogP) is 3.71. The van der Waals surface area contributed by atoms with Crippen LogP contribution >= 0.6 is 0 Å². The highest BCUT2D eigenvalue weighted by Crippen LogP contribution is 2.24. The van der Waals surface area contributed by atoms with Crippen molar-refractivity contribution >= 4 is 11.9 Å². The minimum Gasteiger partial charge on any atom is -0.479 e. The number of nitrogens with zero attached hydrogens (tertiary/aromatic N) is 1. The van der Waals surface area contributed by atoms with Crippen molar-refractivity contribution in [1.29, 1.82) is 0 Å². The third kappa shape index (κ3) is 5.87. The zero-order valence-corrected chi connectivity index (χ0v) is 16.5. The number of carbonyl (C=O) groups excluding carboxylic acids is 1. The Morgan fingerprint density at radius 3 is 2.73 bits per heavy atom. The molecule has 1 aromatic heterocycles. The van der Waals surface area contributed by atoms with Crippen LogP contribution in [-0.2, 0) is 9.53 Å². The highest BCUT2D eigenvalue weighted by molar-refractivity contribution is 5.96. The second-order valence-corrected chi connectivity index (χ2v) is 6.97. The lowest BCUT2D eigenvalue weighted by molar-refractivity contribution is -0.153. The van der Waals surface area contributed by atoms with Crippen LogP contribution in [0.1, 0.15) is 36.5 Å². The first-order chi connectivity index (χ1) is 14.4. The average Bonchev–Trinajstić information content (AvgIpc) is 2.75. The van der Waals surface area contributed by atoms with Gasteiger partial charge < -0.3 is 19.9 Å². The van der Waals surface area contributed by atoms with Gasteiger partial charge in [0, 0.05) is 12.7 Å². The molecule has 2 N–H and O–H groups in total. The first-order valence-electron chi connectivity index (χ1n) is 9.65. The van der Waals surface area contributed by atoms with E-state index in [1.165, 1.54) is 37.4 Å². The van der Waals surface area contributed by atoms with Crippen molar-refractivity contribution in [2.75, 3.05) is 6.54 Å². The van der Waals surface area contributed by atoms with Gasteiger partial charge in [-0.05, 0) is 62.6 Å². The number of aromatic nitrogens is 1. The summed E-state index contributed by atoms with van der Waals surface area (Å²) in [6.45, 7) is 1.88. The summed E-state index contributed by atoms with van der Waals surface area (Å²) < 4.78 is 24.2. The van der Waals surface area contributed by atoms with Gasteiger partial charge in [-0.15, -0.1) is 0 Å². The van der Waals surface area contributed by atoms with Gasteiger partial charge in [-0.25, -0.2) is 14.2 Å². The molecule has 2 unspecified atom stereocenters. The van der Waals surface area contributed by atoms with E-state index in [1.54, 1.807) is 12.1 Å². The minimum absolute atomic E-state index is 0.135. The van der Waals surface area contributed by atoms with Gasteiger partial charge in [0.15, 0.2) is 6.10 Å². The Balaban J connectivity index is 1.56. The fourth-order valence-corrected chi connectivity index (χ4v) is 3.04. The van der Waals surface area contributed by atoms with Gasteiger partial charge in [0.2, 0.25) is 5.88 Å². The Bertz CT molecular complexity index is 929. The summed E-state index contributed by atoms with van der Waals surface area (Å²) in [5.74, 6) is -1.19. The third-order valence-electron chi connectivity index (χ3n) is 4.72. The van der Waals surface area contributed by atoms with Crippen molar-refractivity contribution in [1.82, 2.24) is 10.3 Å². The molecule has 30 heavy (non-hydrogen) atoms. The molecule has 8 heteroatoms. The SMILES string of the molecule is CC(OC1CC=C(CNC(=O)c2cccnc2Oc2ccc(F)cc2)CC1)C(=O)O. The molecule has 1 aliphatic carbocycles. The summed E-state index contributed by atoms with van der Waals surface area (Å²) in [5.41, 5.74) is 1.32. The first-order valence-corrected chi connectivity index (χ1v) is 9.65. The number of hydrogen-bond donors (Lipinski definition) is 2. The molecule has 1 aliphatic rings. The zero-order chi connectivity index (χ0) is 21.5. The molecule has 0 saturated carbocycles. The molecule has 0 aliphatic heterocycles. The van der Waals surface area contributed by atoms with Crippen LogP contribution in [-0.4, -0.2) is 40.7 Å². The number of nitrogens with one attached hydrogen (secondary N) is 1. The summed E-state index contributed by atoms with van der Waals surface area (Å²) in [6, 6.07) is 8.69. The molecule has 1 heterocycles. The number of ether oxygens (including phenoxy) is 2. The van der Waals surface area contributed by atoms with E-state index in [0.717, 1.165) is 5.57 Å². The molecule has 1 amide bonds. The maximum Gasteiger partial charge on any atom is 0.332 e. The van der Waals surface area contributed by atoms with Crippen LogP contribution in [0, 0.1) is 5.82 Å². The van der Waals surface area contributed by atoms with Crippen LogP contribution in [0.2, 0.25) is 0 Å². The van der Waals surface area contributed by atoms with Crippen molar-refractivity contribution < 1.29 is 28.6 Å². The number of carbonyl (C=O) groups is 2. The smallest absolute Gasteiger partial charge is 0.332 e. The number of aliphatic carboxylic acids is 1. The Hall–Kier alpha value is -3.26. The van der Waals surface area contributed by atoms with Crippen molar-refractivity contribution in [2.45, 2.75) is 38.4 Å². The maximum atomic E-state index is 13.1. The number of rotatable bonds is 8. The lowest BCUT2D eigenvalue weighted by Gasteiger charge is -2.24. The molecule has 7 nitrogen and oxygen atoms in total. The number of halogens is 1. The monoisotopic (exact) mass is 414 g/mol. The summed E-state index contributed by atoms with van der Waals surface area (Å²) in [4.78, 5) is 27.6. The van der Waals surface area contributed by atoms with Crippen LogP contribution < -0.4 is 10.1 Å². The normalized spacial score (nSPS) is 17.0. The molecule has 0 saturated heterocycles. The number of pyridine rings is 1. The molecule has 0 bridgehead atoms. The van der Waals surface area contributed by atoms with E-state index in [0.29, 0.717) is 31.6 Å². The van der Waals surface area contributed by atoms with Crippen LogP contribution in [0.15, 0.2) is 54.2 Å². The molecule has 0 radical (unpaired) electrons. The summed E-state index contributed by atoms with van der Waals surface area (Å²) in [5, 5.41) is 11.8. The van der Waals surface area contributed by atoms with Crippen molar-refractivity contribution in [3.63, 3.8) is 0 Å². The molecule has 0 spiro atoms. The van der Waals surface area contributed by atoms with Crippen LogP contribution in [0.3, 0.4) is 0 Å². The molecule has 2 aromatic rings. The Labute approximate surface area is 173 Å². The van der Waals surface area contributed by atoms with Crippen LogP contribution in [0.4, 0.5) is 4.39 Å². The second-order valence-electron chi connectivity index (χ2n) is 6.97. The van der Waals surface area contributed by atoms with E-state index >= 15 is 0 Å². The standard InChI is InChI=1S/C22H23FN2O5/c1-14(22(27)28)29-17-8-4-15(5-9-17)13-25-20(26)19-3-2-12-24-21(19)30-18-10-6-16(23)7-11-18/h2-4,6-7,10-12,14,17H,5,8-9,13H2,1H3,(H,25,26)(H,27,28). The average molecular weight is 414 g/mol. The van der Waals surface area contributed by atoms with E-state index in [2.05, 4.69) is 10.3 Å². The number of amides is 1. The van der Waals surface area contributed by atoms with Gasteiger partial charge >= 0.3 is 5.97 Å². The Morgan fingerprint density at radius 2 is 2.07 bits per heavy atom. The van der Waals surface area contributed by atoms with Crippen molar-refractivity contribution in [2.24, 2.45) is 0 Å². The number of hydrogen-bond acceptors (Lipinski definition) is 5. The number of carboxylic acids is 1. The lowest BCUT2D eigenvalue weighted by atomic mass is 9.97. The van der Waals surface area contributed by atoms with Gasteiger partial charge in [0.1, 0.15) is 17.1 Å². The predicted molar refractivity (Wildman–Crippen MR) is 107 cm³/mol. The highest BCUT2D eigenvalue weighted by Gasteiger charge is 2.21. The molecule has 0 fully saturated rings. The third-order valence-corrected chi connectivity index (χ3v) is 4.72. The fraction of sp³-hybridized carbons (Fsp3) is 0.318. The van der Waals surface area contributed by atoms with Gasteiger partial charge in [-0.3, -0.25) is 4.79 Å². The topological polar surface area (TPSA) is 97.8 Å². The summed E-state index contributed by atoms with van der Waals surface area (Å²) in [6.07, 6.45) is 4.53. The number of carboxylic acid groups (broad SMARTS) is 1. The quantitative estimate of drug-likeness (QED) is 0.639. The van der Waals surface area contributed by atoms with Crippen LogP contribution in [0.5, 0.6) is 11.6 Å². The fourth-order valence-electron chi connectivity index (χ4n) is 3.04. The highest BCUT2D eigenvalue weighted by atomic mass is 19.1. The van der Waals surface area contributed by atoms with E-state index < -0.39 is 12.1 Å². The Morgan fingerprint density at radius 1 is 1.30 bits per heavy atom. The summed E-state index contributed by atoms with van der Waals surface area (Å²) >= 11 is 0. The van der Waals surface area contributed by atoms with E-state index in [-0.39, 0.29) is 29.3 Å². The van der Waals surface area contributed by atoms with Gasteiger partial charge in [0.05, 0.1) is 6.10 Å².